The van der Waals surface area contributed by atoms with Gasteiger partial charge in [-0.1, -0.05) is 36.4 Å². The Morgan fingerprint density at radius 3 is 1.97 bits per heavy atom. The number of hydrogen-bond donors (Lipinski definition) is 2. The van der Waals surface area contributed by atoms with Crippen LogP contribution >= 0.6 is 0 Å². The Morgan fingerprint density at radius 1 is 1.00 bits per heavy atom. The summed E-state index contributed by atoms with van der Waals surface area (Å²) in [4.78, 5) is 13.4. The van der Waals surface area contributed by atoms with E-state index in [-0.39, 0.29) is 0 Å². The Bertz CT molecular complexity index is 854. The number of nitrogens with one attached hydrogen (secondary N) is 1. The van der Waals surface area contributed by atoms with Crippen LogP contribution in [0.3, 0.4) is 0 Å². The molecule has 30 heavy (non-hydrogen) atoms. The van der Waals surface area contributed by atoms with Gasteiger partial charge in [-0.2, -0.15) is 13.2 Å². The van der Waals surface area contributed by atoms with Crippen LogP contribution in [0.2, 0.25) is 0 Å². The van der Waals surface area contributed by atoms with Gasteiger partial charge in [0.2, 0.25) is 0 Å². The Morgan fingerprint density at radius 2 is 1.50 bits per heavy atom. The molecule has 0 amide bonds. The van der Waals surface area contributed by atoms with Crippen molar-refractivity contribution in [3.05, 3.63) is 59.7 Å². The molecule has 1 aliphatic heterocycles. The van der Waals surface area contributed by atoms with Gasteiger partial charge in [0.1, 0.15) is 5.54 Å². The number of alkyl halides is 3. The molecule has 0 aromatic heterocycles. The molecule has 3 rings (SSSR count). The minimum Gasteiger partial charge on any atom is -0.480 e. The lowest BCUT2D eigenvalue weighted by Gasteiger charge is -2.40. The number of carboxylic acid groups (broad SMARTS) is 1. The predicted octanol–water partition coefficient (Wildman–Crippen LogP) is 4.79. The Hall–Kier alpha value is -2.38. The first-order valence-electron chi connectivity index (χ1n) is 10.1. The first-order valence-corrected chi connectivity index (χ1v) is 10.1. The third-order valence-electron chi connectivity index (χ3n) is 5.90. The largest absolute Gasteiger partial charge is 0.480 e. The molecule has 0 bridgehead atoms. The van der Waals surface area contributed by atoms with Crippen LogP contribution in [0.5, 0.6) is 0 Å². The van der Waals surface area contributed by atoms with Crippen molar-refractivity contribution in [2.45, 2.75) is 51.0 Å². The number of benzene rings is 2. The fraction of sp³-hybridized carbons (Fsp3) is 0.435. The van der Waals surface area contributed by atoms with Crippen LogP contribution < -0.4 is 5.32 Å². The van der Waals surface area contributed by atoms with Crippen LogP contribution in [-0.2, 0) is 17.5 Å². The van der Waals surface area contributed by atoms with E-state index < -0.39 is 23.2 Å². The molecule has 162 valence electrons. The zero-order chi connectivity index (χ0) is 21.9. The molecule has 0 atom stereocenters. The van der Waals surface area contributed by atoms with Crippen molar-refractivity contribution < 1.29 is 23.1 Å². The Kier molecular flexibility index (Phi) is 6.53. The second kappa shape index (κ2) is 8.78. The highest BCUT2D eigenvalue weighted by atomic mass is 19.4. The second-order valence-corrected chi connectivity index (χ2v) is 8.28. The van der Waals surface area contributed by atoms with Crippen molar-refractivity contribution in [3.8, 4) is 11.1 Å². The highest BCUT2D eigenvalue weighted by Crippen LogP contribution is 2.31. The first-order chi connectivity index (χ1) is 14.1. The van der Waals surface area contributed by atoms with Gasteiger partial charge < -0.3 is 10.4 Å². The summed E-state index contributed by atoms with van der Waals surface area (Å²) in [6.45, 7) is 5.65. The summed E-state index contributed by atoms with van der Waals surface area (Å²) in [5, 5.41) is 12.9. The zero-order valence-electron chi connectivity index (χ0n) is 17.2. The lowest BCUT2D eigenvalue weighted by Crippen LogP contribution is -2.55. The molecule has 2 N–H and O–H groups in total. The van der Waals surface area contributed by atoms with Crippen LogP contribution in [0.25, 0.3) is 11.1 Å². The van der Waals surface area contributed by atoms with Gasteiger partial charge in [-0.3, -0.25) is 9.69 Å². The van der Waals surface area contributed by atoms with Gasteiger partial charge >= 0.3 is 12.1 Å². The smallest absolute Gasteiger partial charge is 0.416 e. The molecular formula is C23H27F3N2O2. The highest BCUT2D eigenvalue weighted by molar-refractivity contribution is 5.77. The van der Waals surface area contributed by atoms with E-state index in [2.05, 4.69) is 5.32 Å². The normalized spacial score (nSPS) is 16.6. The third kappa shape index (κ3) is 5.21. The predicted molar refractivity (Wildman–Crippen MR) is 110 cm³/mol. The van der Waals surface area contributed by atoms with Gasteiger partial charge in [-0.05, 0) is 55.5 Å². The topological polar surface area (TPSA) is 52.6 Å². The number of nitrogens with zero attached hydrogens (tertiary/aromatic N) is 1. The van der Waals surface area contributed by atoms with E-state index in [1.165, 1.54) is 12.1 Å². The van der Waals surface area contributed by atoms with Crippen molar-refractivity contribution in [3.63, 3.8) is 0 Å². The maximum Gasteiger partial charge on any atom is 0.416 e. The van der Waals surface area contributed by atoms with Gasteiger partial charge in [0.15, 0.2) is 0 Å². The van der Waals surface area contributed by atoms with Crippen LogP contribution in [0.4, 0.5) is 13.2 Å². The van der Waals surface area contributed by atoms with Gasteiger partial charge in [0, 0.05) is 25.7 Å². The average molecular weight is 420 g/mol. The standard InChI is InChI=1S/C23H27F3N2O2/c1-22(2,21(29)30)28-13-11-20(12-14-28)27-15-16-3-5-17(6-4-16)18-7-9-19(10-8-18)23(24,25)26/h3-10,20,27H,11-15H2,1-2H3,(H,29,30). The first kappa shape index (κ1) is 22.3. The second-order valence-electron chi connectivity index (χ2n) is 8.28. The van der Waals surface area contributed by atoms with Crippen LogP contribution in [0.1, 0.15) is 37.8 Å². The summed E-state index contributed by atoms with van der Waals surface area (Å²) in [5.74, 6) is -0.804. The highest BCUT2D eigenvalue weighted by Gasteiger charge is 2.36. The lowest BCUT2D eigenvalue weighted by molar-refractivity contribution is -0.150. The minimum atomic E-state index is -4.33. The molecule has 1 aliphatic rings. The zero-order valence-corrected chi connectivity index (χ0v) is 17.2. The summed E-state index contributed by atoms with van der Waals surface area (Å²) >= 11 is 0. The average Bonchev–Trinajstić information content (AvgIpc) is 2.72. The van der Waals surface area contributed by atoms with E-state index in [4.69, 9.17) is 0 Å². The van der Waals surface area contributed by atoms with E-state index in [0.29, 0.717) is 12.6 Å². The number of halogens is 3. The summed E-state index contributed by atoms with van der Waals surface area (Å²) < 4.78 is 38.1. The molecule has 2 aromatic rings. The van der Waals surface area contributed by atoms with Crippen molar-refractivity contribution in [2.24, 2.45) is 0 Å². The molecule has 0 saturated carbocycles. The fourth-order valence-electron chi connectivity index (χ4n) is 3.71. The van der Waals surface area contributed by atoms with Crippen molar-refractivity contribution in [1.29, 1.82) is 0 Å². The molecule has 1 saturated heterocycles. The van der Waals surface area contributed by atoms with Gasteiger partial charge in [0.25, 0.3) is 0 Å². The van der Waals surface area contributed by atoms with E-state index in [0.717, 1.165) is 54.8 Å². The molecule has 1 fully saturated rings. The fourth-order valence-corrected chi connectivity index (χ4v) is 3.71. The monoisotopic (exact) mass is 420 g/mol. The number of hydrogen-bond acceptors (Lipinski definition) is 3. The van der Waals surface area contributed by atoms with E-state index >= 15 is 0 Å². The number of carbonyl (C=O) groups is 1. The maximum atomic E-state index is 12.7. The number of rotatable bonds is 6. The molecule has 1 heterocycles. The molecule has 0 radical (unpaired) electrons. The van der Waals surface area contributed by atoms with E-state index in [1.54, 1.807) is 13.8 Å². The Balaban J connectivity index is 1.52. The van der Waals surface area contributed by atoms with Crippen LogP contribution in [-0.4, -0.2) is 40.6 Å². The molecule has 0 aliphatic carbocycles. The SMILES string of the molecule is CC(C)(C(=O)O)N1CCC(NCc2ccc(-c3ccc(C(F)(F)F)cc3)cc2)CC1. The molecule has 0 unspecified atom stereocenters. The van der Waals surface area contributed by atoms with Crippen molar-refractivity contribution in [2.75, 3.05) is 13.1 Å². The molecule has 2 aromatic carbocycles. The van der Waals surface area contributed by atoms with Gasteiger partial charge in [0.05, 0.1) is 5.56 Å². The third-order valence-corrected chi connectivity index (χ3v) is 5.90. The number of piperidine rings is 1. The summed E-state index contributed by atoms with van der Waals surface area (Å²) in [6, 6.07) is 13.3. The molecular weight excluding hydrogens is 393 g/mol. The number of likely N-dealkylation sites (tertiary alicyclic amines) is 1. The van der Waals surface area contributed by atoms with Gasteiger partial charge in [-0.25, -0.2) is 0 Å². The number of aliphatic carboxylic acids is 1. The van der Waals surface area contributed by atoms with E-state index in [1.807, 2.05) is 29.2 Å². The molecule has 7 heteroatoms. The summed E-state index contributed by atoms with van der Waals surface area (Å²) in [5.41, 5.74) is 1.22. The summed E-state index contributed by atoms with van der Waals surface area (Å²) in [7, 11) is 0. The Labute approximate surface area is 174 Å². The summed E-state index contributed by atoms with van der Waals surface area (Å²) in [6.07, 6.45) is -2.55. The minimum absolute atomic E-state index is 0.334. The maximum absolute atomic E-state index is 12.7. The van der Waals surface area contributed by atoms with Crippen LogP contribution in [0, 0.1) is 0 Å². The van der Waals surface area contributed by atoms with Gasteiger partial charge in [-0.15, -0.1) is 0 Å². The van der Waals surface area contributed by atoms with Crippen molar-refractivity contribution in [1.82, 2.24) is 10.2 Å². The van der Waals surface area contributed by atoms with Crippen molar-refractivity contribution >= 4 is 5.97 Å². The quantitative estimate of drug-likeness (QED) is 0.706. The van der Waals surface area contributed by atoms with Crippen LogP contribution in [0.15, 0.2) is 48.5 Å². The molecule has 0 spiro atoms. The van der Waals surface area contributed by atoms with E-state index in [9.17, 15) is 23.1 Å². The lowest BCUT2D eigenvalue weighted by atomic mass is 9.96. The number of carboxylic acids is 1. The molecule has 4 nitrogen and oxygen atoms in total.